The zero-order valence-corrected chi connectivity index (χ0v) is 17.7. The van der Waals surface area contributed by atoms with Gasteiger partial charge in [0.25, 0.3) is 11.5 Å². The van der Waals surface area contributed by atoms with Crippen molar-refractivity contribution < 1.29 is 14.3 Å². The number of fused-ring (bicyclic) bond motifs is 1. The molecule has 2 heterocycles. The van der Waals surface area contributed by atoms with Crippen molar-refractivity contribution in [1.29, 1.82) is 0 Å². The van der Waals surface area contributed by atoms with E-state index in [1.54, 1.807) is 38.4 Å². The predicted molar refractivity (Wildman–Crippen MR) is 117 cm³/mol. The number of carbonyl (C=O) groups excluding carboxylic acids is 1. The summed E-state index contributed by atoms with van der Waals surface area (Å²) >= 11 is 0. The minimum absolute atomic E-state index is 0.0162. The van der Waals surface area contributed by atoms with Crippen LogP contribution in [-0.2, 0) is 11.8 Å². The largest absolute Gasteiger partial charge is 0.497 e. The highest BCUT2D eigenvalue weighted by atomic mass is 16.5. The van der Waals surface area contributed by atoms with Crippen LogP contribution in [0.4, 0.5) is 0 Å². The molecule has 1 aliphatic rings. The molecule has 0 aliphatic carbocycles. The molecular weight excluding hydrogens is 396 g/mol. The molecule has 0 saturated carbocycles. The fourth-order valence-electron chi connectivity index (χ4n) is 3.91. The van der Waals surface area contributed by atoms with Gasteiger partial charge in [-0.3, -0.25) is 14.5 Å². The Bertz CT molecular complexity index is 1120. The maximum atomic E-state index is 13.1. The monoisotopic (exact) mass is 422 g/mol. The Morgan fingerprint density at radius 1 is 1.13 bits per heavy atom. The second-order valence-corrected chi connectivity index (χ2v) is 7.47. The van der Waals surface area contributed by atoms with Gasteiger partial charge in [0.2, 0.25) is 0 Å². The number of ether oxygens (including phenoxy) is 2. The molecule has 0 unspecified atom stereocenters. The highest BCUT2D eigenvalue weighted by Crippen LogP contribution is 2.24. The summed E-state index contributed by atoms with van der Waals surface area (Å²) < 4.78 is 12.0. The molecule has 2 aromatic carbocycles. The van der Waals surface area contributed by atoms with Gasteiger partial charge in [-0.25, -0.2) is 4.68 Å². The Morgan fingerprint density at radius 2 is 1.81 bits per heavy atom. The number of rotatable bonds is 6. The topological polar surface area (TPSA) is 85.7 Å². The normalized spacial score (nSPS) is 15.5. The standard InChI is InChI=1S/C23H26N4O4/c1-26-23(29)19-6-4-3-5-18(19)21(25-26)22(28)24-15-20(27-11-13-31-14-12-27)16-7-9-17(30-2)10-8-16/h3-10,20H,11-15H2,1-2H3,(H,24,28)/t20-/m0/s1. The van der Waals surface area contributed by atoms with Crippen LogP contribution in [0.5, 0.6) is 5.75 Å². The third-order valence-corrected chi connectivity index (χ3v) is 5.61. The Morgan fingerprint density at radius 3 is 2.48 bits per heavy atom. The number of benzene rings is 2. The van der Waals surface area contributed by atoms with Crippen molar-refractivity contribution in [3.05, 3.63) is 70.1 Å². The lowest BCUT2D eigenvalue weighted by Gasteiger charge is -2.35. The first-order valence-electron chi connectivity index (χ1n) is 10.3. The van der Waals surface area contributed by atoms with E-state index in [0.29, 0.717) is 30.5 Å². The second kappa shape index (κ2) is 9.28. The minimum atomic E-state index is -0.307. The number of amides is 1. The van der Waals surface area contributed by atoms with Crippen molar-refractivity contribution in [2.24, 2.45) is 7.05 Å². The van der Waals surface area contributed by atoms with Gasteiger partial charge in [0.1, 0.15) is 5.75 Å². The molecule has 1 aliphatic heterocycles. The lowest BCUT2D eigenvalue weighted by molar-refractivity contribution is 0.0162. The summed E-state index contributed by atoms with van der Waals surface area (Å²) in [7, 11) is 3.19. The molecule has 0 radical (unpaired) electrons. The van der Waals surface area contributed by atoms with Gasteiger partial charge in [-0.05, 0) is 23.8 Å². The lowest BCUT2D eigenvalue weighted by atomic mass is 10.0. The van der Waals surface area contributed by atoms with Crippen molar-refractivity contribution in [3.8, 4) is 5.75 Å². The first-order chi connectivity index (χ1) is 15.1. The first-order valence-corrected chi connectivity index (χ1v) is 10.3. The molecule has 4 rings (SSSR count). The van der Waals surface area contributed by atoms with E-state index < -0.39 is 0 Å². The molecule has 162 valence electrons. The van der Waals surface area contributed by atoms with Crippen molar-refractivity contribution in [2.75, 3.05) is 40.0 Å². The van der Waals surface area contributed by atoms with Crippen LogP contribution in [0.1, 0.15) is 22.1 Å². The molecule has 8 heteroatoms. The summed E-state index contributed by atoms with van der Waals surface area (Å²) in [5.74, 6) is 0.480. The third-order valence-electron chi connectivity index (χ3n) is 5.61. The van der Waals surface area contributed by atoms with Crippen LogP contribution in [0.2, 0.25) is 0 Å². The maximum Gasteiger partial charge on any atom is 0.274 e. The number of aryl methyl sites for hydroxylation is 1. The molecule has 1 amide bonds. The Balaban J connectivity index is 1.59. The number of morpholine rings is 1. The summed E-state index contributed by atoms with van der Waals surface area (Å²) in [5, 5.41) is 8.29. The van der Waals surface area contributed by atoms with E-state index in [9.17, 15) is 9.59 Å². The zero-order valence-electron chi connectivity index (χ0n) is 17.7. The second-order valence-electron chi connectivity index (χ2n) is 7.47. The Labute approximate surface area is 180 Å². The molecule has 1 saturated heterocycles. The van der Waals surface area contributed by atoms with Gasteiger partial charge in [0, 0.05) is 32.1 Å². The number of aromatic nitrogens is 2. The van der Waals surface area contributed by atoms with E-state index in [1.807, 2.05) is 24.3 Å². The van der Waals surface area contributed by atoms with E-state index in [2.05, 4.69) is 15.3 Å². The van der Waals surface area contributed by atoms with E-state index >= 15 is 0 Å². The Kier molecular flexibility index (Phi) is 6.29. The Hall–Kier alpha value is -3.23. The van der Waals surface area contributed by atoms with E-state index in [0.717, 1.165) is 24.4 Å². The number of nitrogens with one attached hydrogen (secondary N) is 1. The van der Waals surface area contributed by atoms with Crippen LogP contribution in [0, 0.1) is 0 Å². The molecule has 1 N–H and O–H groups in total. The van der Waals surface area contributed by atoms with Gasteiger partial charge in [0.05, 0.1) is 31.8 Å². The van der Waals surface area contributed by atoms with Crippen LogP contribution >= 0.6 is 0 Å². The highest BCUT2D eigenvalue weighted by molar-refractivity contribution is 6.04. The zero-order chi connectivity index (χ0) is 21.8. The molecule has 3 aromatic rings. The summed E-state index contributed by atoms with van der Waals surface area (Å²) in [4.78, 5) is 27.7. The lowest BCUT2D eigenvalue weighted by Crippen LogP contribution is -2.44. The van der Waals surface area contributed by atoms with Crippen LogP contribution in [0.3, 0.4) is 0 Å². The van der Waals surface area contributed by atoms with Gasteiger partial charge >= 0.3 is 0 Å². The van der Waals surface area contributed by atoms with Crippen molar-refractivity contribution in [3.63, 3.8) is 0 Å². The quantitative estimate of drug-likeness (QED) is 0.651. The maximum absolute atomic E-state index is 13.1. The molecule has 1 aromatic heterocycles. The van der Waals surface area contributed by atoms with Gasteiger partial charge in [-0.2, -0.15) is 5.10 Å². The van der Waals surface area contributed by atoms with Gasteiger partial charge < -0.3 is 14.8 Å². The number of nitrogens with zero attached hydrogens (tertiary/aromatic N) is 3. The number of hydrogen-bond acceptors (Lipinski definition) is 6. The fourth-order valence-corrected chi connectivity index (χ4v) is 3.91. The molecule has 0 bridgehead atoms. The molecular formula is C23H26N4O4. The molecule has 0 spiro atoms. The molecule has 31 heavy (non-hydrogen) atoms. The van der Waals surface area contributed by atoms with Gasteiger partial charge in [-0.15, -0.1) is 0 Å². The van der Waals surface area contributed by atoms with Crippen LogP contribution < -0.4 is 15.6 Å². The summed E-state index contributed by atoms with van der Waals surface area (Å²) in [5.41, 5.74) is 1.10. The highest BCUT2D eigenvalue weighted by Gasteiger charge is 2.24. The average molecular weight is 422 g/mol. The molecule has 1 fully saturated rings. The summed E-state index contributed by atoms with van der Waals surface area (Å²) in [6.45, 7) is 3.30. The van der Waals surface area contributed by atoms with E-state index in [1.165, 1.54) is 4.68 Å². The predicted octanol–water partition coefficient (Wildman–Crippen LogP) is 1.75. The smallest absolute Gasteiger partial charge is 0.274 e. The summed E-state index contributed by atoms with van der Waals surface area (Å²) in [6, 6.07) is 14.9. The summed E-state index contributed by atoms with van der Waals surface area (Å²) in [6.07, 6.45) is 0. The molecule has 1 atom stereocenters. The van der Waals surface area contributed by atoms with Crippen LogP contribution in [-0.4, -0.2) is 60.5 Å². The minimum Gasteiger partial charge on any atom is -0.497 e. The van der Waals surface area contributed by atoms with Gasteiger partial charge in [-0.1, -0.05) is 30.3 Å². The van der Waals surface area contributed by atoms with Crippen molar-refractivity contribution in [1.82, 2.24) is 20.0 Å². The van der Waals surface area contributed by atoms with Crippen molar-refractivity contribution in [2.45, 2.75) is 6.04 Å². The first kappa shape index (κ1) is 21.0. The van der Waals surface area contributed by atoms with Crippen LogP contribution in [0.25, 0.3) is 10.8 Å². The number of carbonyl (C=O) groups is 1. The SMILES string of the molecule is COc1ccc([C@H](CNC(=O)c2nn(C)c(=O)c3ccccc23)N2CCOCC2)cc1. The number of hydrogen-bond donors (Lipinski definition) is 1. The molecule has 8 nitrogen and oxygen atoms in total. The van der Waals surface area contributed by atoms with Crippen molar-refractivity contribution >= 4 is 16.7 Å². The fraction of sp³-hybridized carbons (Fsp3) is 0.348. The van der Waals surface area contributed by atoms with E-state index in [4.69, 9.17) is 9.47 Å². The van der Waals surface area contributed by atoms with Crippen LogP contribution in [0.15, 0.2) is 53.3 Å². The number of methoxy groups -OCH3 is 1. The third kappa shape index (κ3) is 4.45. The van der Waals surface area contributed by atoms with Gasteiger partial charge in [0.15, 0.2) is 5.69 Å². The average Bonchev–Trinajstić information content (AvgIpc) is 2.82. The van der Waals surface area contributed by atoms with E-state index in [-0.39, 0.29) is 23.2 Å².